The van der Waals surface area contributed by atoms with Crippen molar-refractivity contribution in [3.63, 3.8) is 0 Å². The molecular formula is C23H25N5O4S. The second-order valence-electron chi connectivity index (χ2n) is 7.33. The van der Waals surface area contributed by atoms with Gasteiger partial charge in [-0.2, -0.15) is 4.98 Å². The summed E-state index contributed by atoms with van der Waals surface area (Å²) in [5.41, 5.74) is 8.64. The number of anilines is 1. The maximum atomic E-state index is 12.5. The van der Waals surface area contributed by atoms with E-state index >= 15 is 0 Å². The maximum Gasteiger partial charge on any atom is 0.248 e. The second-order valence-corrected chi connectivity index (χ2v) is 8.27. The maximum absolute atomic E-state index is 12.5. The van der Waals surface area contributed by atoms with Crippen molar-refractivity contribution < 1.29 is 19.0 Å². The zero-order valence-electron chi connectivity index (χ0n) is 18.8. The van der Waals surface area contributed by atoms with Crippen LogP contribution in [0.25, 0.3) is 0 Å². The third kappa shape index (κ3) is 4.34. The van der Waals surface area contributed by atoms with Crippen LogP contribution in [0.3, 0.4) is 0 Å². The normalized spacial score (nSPS) is 15.0. The highest BCUT2D eigenvalue weighted by Crippen LogP contribution is 2.44. The number of methoxy groups -OCH3 is 3. The summed E-state index contributed by atoms with van der Waals surface area (Å²) >= 11 is 1.51. The lowest BCUT2D eigenvalue weighted by Gasteiger charge is -2.28. The minimum Gasteiger partial charge on any atom is -0.493 e. The molecule has 0 fully saturated rings. The molecule has 0 aliphatic carbocycles. The number of hydrogen-bond donors (Lipinski definition) is 2. The molecule has 0 saturated heterocycles. The molecule has 2 heterocycles. The Kier molecular flexibility index (Phi) is 6.45. The van der Waals surface area contributed by atoms with Gasteiger partial charge in [0.05, 0.1) is 26.9 Å². The SMILES string of the molecule is COc1cc(C2C(C(N)=O)=C(C)Nc3nc(SCc4ccccc4)nn32)cc(OC)c1OC. The first-order valence-corrected chi connectivity index (χ1v) is 11.2. The van der Waals surface area contributed by atoms with E-state index in [1.807, 2.05) is 18.2 Å². The van der Waals surface area contributed by atoms with Crippen LogP contribution in [0.1, 0.15) is 24.1 Å². The average Bonchev–Trinajstić information content (AvgIpc) is 3.23. The van der Waals surface area contributed by atoms with E-state index in [0.717, 1.165) is 5.56 Å². The Morgan fingerprint density at radius 3 is 2.36 bits per heavy atom. The van der Waals surface area contributed by atoms with Crippen molar-refractivity contribution in [3.05, 3.63) is 64.9 Å². The molecule has 1 aromatic heterocycles. The highest BCUT2D eigenvalue weighted by molar-refractivity contribution is 7.98. The van der Waals surface area contributed by atoms with Crippen molar-refractivity contribution in [3.8, 4) is 17.2 Å². The van der Waals surface area contributed by atoms with Gasteiger partial charge in [-0.1, -0.05) is 42.1 Å². The largest absolute Gasteiger partial charge is 0.493 e. The predicted octanol–water partition coefficient (Wildman–Crippen LogP) is 3.37. The van der Waals surface area contributed by atoms with Crippen molar-refractivity contribution in [1.82, 2.24) is 14.8 Å². The fourth-order valence-electron chi connectivity index (χ4n) is 3.80. The molecule has 0 bridgehead atoms. The summed E-state index contributed by atoms with van der Waals surface area (Å²) in [6, 6.07) is 13.0. The number of carbonyl (C=O) groups is 1. The van der Waals surface area contributed by atoms with E-state index < -0.39 is 11.9 Å². The molecule has 1 amide bonds. The van der Waals surface area contributed by atoms with Crippen LogP contribution in [0.5, 0.6) is 17.2 Å². The summed E-state index contributed by atoms with van der Waals surface area (Å²) in [5.74, 6) is 2.07. The van der Waals surface area contributed by atoms with Gasteiger partial charge in [-0.15, -0.1) is 5.10 Å². The number of nitrogens with two attached hydrogens (primary N) is 1. The Labute approximate surface area is 195 Å². The van der Waals surface area contributed by atoms with Crippen molar-refractivity contribution >= 4 is 23.6 Å². The van der Waals surface area contributed by atoms with E-state index in [2.05, 4.69) is 22.4 Å². The van der Waals surface area contributed by atoms with Crippen LogP contribution in [0.2, 0.25) is 0 Å². The van der Waals surface area contributed by atoms with Crippen LogP contribution < -0.4 is 25.3 Å². The number of ether oxygens (including phenoxy) is 3. The topological polar surface area (TPSA) is 114 Å². The lowest BCUT2D eigenvalue weighted by Crippen LogP contribution is -2.31. The zero-order chi connectivity index (χ0) is 23.5. The number of hydrogen-bond acceptors (Lipinski definition) is 8. The third-order valence-electron chi connectivity index (χ3n) is 5.31. The minimum atomic E-state index is -0.619. The number of amides is 1. The smallest absolute Gasteiger partial charge is 0.248 e. The van der Waals surface area contributed by atoms with Crippen molar-refractivity contribution in [2.75, 3.05) is 26.6 Å². The standard InChI is InChI=1S/C23H25N5O4S/c1-13-18(21(24)29)19(15-10-16(30-2)20(32-4)17(11-15)31-3)28-22(25-13)26-23(27-28)33-12-14-8-6-5-7-9-14/h5-11,19H,12H2,1-4H3,(H2,24,29)(H,25,26,27). The van der Waals surface area contributed by atoms with Gasteiger partial charge in [0.25, 0.3) is 0 Å². The van der Waals surface area contributed by atoms with Gasteiger partial charge >= 0.3 is 0 Å². The van der Waals surface area contributed by atoms with Crippen molar-refractivity contribution in [1.29, 1.82) is 0 Å². The molecule has 2 aromatic carbocycles. The van der Waals surface area contributed by atoms with Crippen molar-refractivity contribution in [2.45, 2.75) is 23.9 Å². The number of aromatic nitrogens is 3. The van der Waals surface area contributed by atoms with Crippen LogP contribution in [-0.2, 0) is 10.5 Å². The lowest BCUT2D eigenvalue weighted by molar-refractivity contribution is -0.115. The number of carbonyl (C=O) groups excluding carboxylic acids is 1. The molecule has 1 aliphatic heterocycles. The summed E-state index contributed by atoms with van der Waals surface area (Å²) in [5, 5.41) is 8.43. The van der Waals surface area contributed by atoms with Crippen LogP contribution in [0.4, 0.5) is 5.95 Å². The summed E-state index contributed by atoms with van der Waals surface area (Å²) in [4.78, 5) is 17.1. The fourth-order valence-corrected chi connectivity index (χ4v) is 4.59. The number of rotatable bonds is 8. The number of thioether (sulfide) groups is 1. The van der Waals surface area contributed by atoms with Gasteiger partial charge < -0.3 is 25.3 Å². The highest BCUT2D eigenvalue weighted by Gasteiger charge is 2.34. The van der Waals surface area contributed by atoms with E-state index in [1.54, 1.807) is 38.0 Å². The fraction of sp³-hybridized carbons (Fsp3) is 0.261. The Morgan fingerprint density at radius 2 is 1.79 bits per heavy atom. The molecule has 0 spiro atoms. The zero-order valence-corrected chi connectivity index (χ0v) is 19.6. The molecule has 172 valence electrons. The molecule has 9 nitrogen and oxygen atoms in total. The monoisotopic (exact) mass is 467 g/mol. The third-order valence-corrected chi connectivity index (χ3v) is 6.22. The number of nitrogens with zero attached hydrogens (tertiary/aromatic N) is 3. The quantitative estimate of drug-likeness (QED) is 0.485. The number of nitrogens with one attached hydrogen (secondary N) is 1. The average molecular weight is 468 g/mol. The molecule has 3 N–H and O–H groups in total. The highest BCUT2D eigenvalue weighted by atomic mass is 32.2. The number of primary amides is 1. The summed E-state index contributed by atoms with van der Waals surface area (Å²) in [6.07, 6.45) is 0. The minimum absolute atomic E-state index is 0.376. The molecule has 3 aromatic rings. The molecule has 0 saturated carbocycles. The Hall–Kier alpha value is -3.66. The summed E-state index contributed by atoms with van der Waals surface area (Å²) in [6.45, 7) is 1.79. The number of fused-ring (bicyclic) bond motifs is 1. The van der Waals surface area contributed by atoms with Gasteiger partial charge in [0, 0.05) is 11.4 Å². The lowest BCUT2D eigenvalue weighted by atomic mass is 9.94. The van der Waals surface area contributed by atoms with E-state index in [9.17, 15) is 4.79 Å². The van der Waals surface area contributed by atoms with Gasteiger partial charge in [0.15, 0.2) is 11.5 Å². The first kappa shape index (κ1) is 22.5. The van der Waals surface area contributed by atoms with E-state index in [1.165, 1.54) is 18.9 Å². The summed E-state index contributed by atoms with van der Waals surface area (Å²) in [7, 11) is 4.62. The van der Waals surface area contributed by atoms with Gasteiger partial charge in [0.1, 0.15) is 6.04 Å². The Balaban J connectivity index is 1.78. The van der Waals surface area contributed by atoms with Gasteiger partial charge in [-0.05, 0) is 30.2 Å². The molecule has 0 radical (unpaired) electrons. The van der Waals surface area contributed by atoms with E-state index in [-0.39, 0.29) is 0 Å². The number of allylic oxidation sites excluding steroid dienone is 1. The van der Waals surface area contributed by atoms with Gasteiger partial charge in [-0.3, -0.25) is 4.79 Å². The van der Waals surface area contributed by atoms with E-state index in [4.69, 9.17) is 25.0 Å². The number of benzene rings is 2. The first-order chi connectivity index (χ1) is 16.0. The van der Waals surface area contributed by atoms with Crippen LogP contribution in [-0.4, -0.2) is 42.0 Å². The van der Waals surface area contributed by atoms with Gasteiger partial charge in [-0.25, -0.2) is 4.68 Å². The molecule has 4 rings (SSSR count). The molecule has 10 heteroatoms. The van der Waals surface area contributed by atoms with Crippen LogP contribution >= 0.6 is 11.8 Å². The van der Waals surface area contributed by atoms with E-state index in [0.29, 0.717) is 50.9 Å². The Morgan fingerprint density at radius 1 is 1.12 bits per heavy atom. The van der Waals surface area contributed by atoms with Crippen LogP contribution in [0, 0.1) is 0 Å². The Bertz CT molecular complexity index is 1180. The molecule has 1 atom stereocenters. The van der Waals surface area contributed by atoms with Crippen molar-refractivity contribution in [2.24, 2.45) is 5.73 Å². The molecular weight excluding hydrogens is 442 g/mol. The molecule has 1 aliphatic rings. The molecule has 1 unspecified atom stereocenters. The van der Waals surface area contributed by atoms with Crippen LogP contribution in [0.15, 0.2) is 58.9 Å². The van der Waals surface area contributed by atoms with Gasteiger partial charge in [0.2, 0.25) is 22.8 Å². The second kappa shape index (κ2) is 9.45. The first-order valence-electron chi connectivity index (χ1n) is 10.2. The molecule has 33 heavy (non-hydrogen) atoms. The summed E-state index contributed by atoms with van der Waals surface area (Å²) < 4.78 is 18.1. The predicted molar refractivity (Wildman–Crippen MR) is 126 cm³/mol.